The van der Waals surface area contributed by atoms with Crippen LogP contribution in [0.25, 0.3) is 0 Å². The second kappa shape index (κ2) is 17.0. The van der Waals surface area contributed by atoms with E-state index >= 15 is 8.42 Å². The van der Waals surface area contributed by atoms with Gasteiger partial charge in [-0.25, -0.2) is 8.42 Å². The Balaban J connectivity index is 2.21. The Morgan fingerprint density at radius 2 is 1.19 bits per heavy atom. The number of hydrogen-bond acceptors (Lipinski definition) is 7. The molecular formula is C43H60N2O7S. The van der Waals surface area contributed by atoms with E-state index in [0.717, 1.165) is 43.4 Å². The monoisotopic (exact) mass is 748 g/mol. The van der Waals surface area contributed by atoms with Crippen molar-refractivity contribution in [2.45, 2.75) is 138 Å². The Labute approximate surface area is 317 Å². The third-order valence-electron chi connectivity index (χ3n) is 9.11. The Morgan fingerprint density at radius 3 is 1.64 bits per heavy atom. The minimum Gasteiger partial charge on any atom is -0.494 e. The minimum absolute atomic E-state index is 0.0439. The first-order chi connectivity index (χ1) is 24.4. The lowest BCUT2D eigenvalue weighted by molar-refractivity contribution is -0.134. The van der Waals surface area contributed by atoms with Gasteiger partial charge in [0, 0.05) is 28.7 Å². The van der Waals surface area contributed by atoms with Crippen LogP contribution < -0.4 is 9.64 Å². The van der Waals surface area contributed by atoms with E-state index in [4.69, 9.17) is 4.74 Å². The molecule has 2 aromatic carbocycles. The molecule has 0 unspecified atom stereocenters. The van der Waals surface area contributed by atoms with Gasteiger partial charge in [0.05, 0.1) is 11.5 Å². The van der Waals surface area contributed by atoms with Gasteiger partial charge in [0.15, 0.2) is 0 Å². The van der Waals surface area contributed by atoms with Crippen molar-refractivity contribution in [2.24, 2.45) is 10.8 Å². The Morgan fingerprint density at radius 1 is 0.698 bits per heavy atom. The number of ketones is 2. The molecule has 0 aliphatic heterocycles. The predicted octanol–water partition coefficient (Wildman–Crippen LogP) is 9.58. The number of hydrogen-bond donors (Lipinski definition) is 0. The highest BCUT2D eigenvalue weighted by Crippen LogP contribution is 2.40. The zero-order valence-electron chi connectivity index (χ0n) is 34.0. The molecule has 0 heterocycles. The molecule has 0 saturated carbocycles. The molecule has 0 fully saturated rings. The molecule has 0 radical (unpaired) electrons. The van der Waals surface area contributed by atoms with Gasteiger partial charge in [-0.05, 0) is 65.1 Å². The Bertz CT molecular complexity index is 1840. The van der Waals surface area contributed by atoms with Crippen molar-refractivity contribution >= 4 is 39.1 Å². The average Bonchev–Trinajstić information content (AvgIpc) is 3.05. The van der Waals surface area contributed by atoms with Gasteiger partial charge in [-0.15, -0.1) is 0 Å². The number of allylic oxidation sites excluding steroid dienone is 2. The molecule has 0 bridgehead atoms. The first-order valence-corrected chi connectivity index (χ1v) is 20.3. The van der Waals surface area contributed by atoms with Crippen molar-refractivity contribution < 1.29 is 32.3 Å². The maximum Gasteiger partial charge on any atom is 0.271 e. The van der Waals surface area contributed by atoms with E-state index in [1.54, 1.807) is 65.8 Å². The number of amides is 2. The fourth-order valence-electron chi connectivity index (χ4n) is 5.91. The number of sulfonamides is 1. The van der Waals surface area contributed by atoms with E-state index in [1.165, 1.54) is 4.90 Å². The second-order valence-electron chi connectivity index (χ2n) is 16.9. The van der Waals surface area contributed by atoms with Crippen LogP contribution >= 0.6 is 0 Å². The fourth-order valence-corrected chi connectivity index (χ4v) is 8.18. The van der Waals surface area contributed by atoms with Gasteiger partial charge in [0.2, 0.25) is 23.4 Å². The predicted molar refractivity (Wildman–Crippen MR) is 211 cm³/mol. The molecule has 3 rings (SSSR count). The van der Waals surface area contributed by atoms with E-state index in [0.29, 0.717) is 33.5 Å². The van der Waals surface area contributed by atoms with E-state index < -0.39 is 49.9 Å². The van der Waals surface area contributed by atoms with E-state index in [2.05, 4.69) is 6.92 Å². The van der Waals surface area contributed by atoms with Crippen molar-refractivity contribution in [1.29, 1.82) is 0 Å². The van der Waals surface area contributed by atoms with Crippen molar-refractivity contribution in [3.8, 4) is 5.75 Å². The summed E-state index contributed by atoms with van der Waals surface area (Å²) < 4.78 is 36.5. The summed E-state index contributed by atoms with van der Waals surface area (Å²) in [6, 6.07) is 10.4. The summed E-state index contributed by atoms with van der Waals surface area (Å²) in [6.07, 6.45) is 6.06. The summed E-state index contributed by atoms with van der Waals surface area (Å²) in [5.41, 5.74) is -0.745. The normalized spacial score (nSPS) is 14.1. The van der Waals surface area contributed by atoms with Crippen LogP contribution in [0.1, 0.15) is 150 Å². The molecule has 0 N–H and O–H groups in total. The molecule has 1 aliphatic carbocycles. The molecule has 0 atom stereocenters. The molecule has 2 amide bonds. The highest BCUT2D eigenvalue weighted by molar-refractivity contribution is 7.90. The lowest BCUT2D eigenvalue weighted by Crippen LogP contribution is -2.47. The second-order valence-corrected chi connectivity index (χ2v) is 18.6. The molecule has 53 heavy (non-hydrogen) atoms. The van der Waals surface area contributed by atoms with E-state index in [9.17, 15) is 19.2 Å². The van der Waals surface area contributed by atoms with Crippen LogP contribution in [-0.4, -0.2) is 42.7 Å². The number of rotatable bonds is 14. The van der Waals surface area contributed by atoms with Gasteiger partial charge in [0.25, 0.3) is 10.0 Å². The highest BCUT2D eigenvalue weighted by Gasteiger charge is 2.45. The molecule has 290 valence electrons. The van der Waals surface area contributed by atoms with Crippen molar-refractivity contribution in [3.63, 3.8) is 0 Å². The maximum absolute atomic E-state index is 15.0. The summed E-state index contributed by atoms with van der Waals surface area (Å²) in [4.78, 5) is 57.7. The van der Waals surface area contributed by atoms with Crippen LogP contribution in [0.2, 0.25) is 0 Å². The van der Waals surface area contributed by atoms with Crippen molar-refractivity contribution in [1.82, 2.24) is 4.31 Å². The summed E-state index contributed by atoms with van der Waals surface area (Å²) in [7, 11) is -4.76. The summed E-state index contributed by atoms with van der Waals surface area (Å²) in [5.74, 6) is -2.81. The first-order valence-electron chi connectivity index (χ1n) is 18.8. The molecule has 0 aromatic heterocycles. The average molecular weight is 749 g/mol. The lowest BCUT2D eigenvalue weighted by atomic mass is 9.89. The Hall–Kier alpha value is -4.05. The molecule has 10 heteroatoms. The lowest BCUT2D eigenvalue weighted by Gasteiger charge is -2.34. The van der Waals surface area contributed by atoms with Gasteiger partial charge in [-0.3, -0.25) is 24.1 Å². The standard InChI is InChI=1S/C43H60N2O7S/c1-14-15-16-17-22-52-32-20-18-31(19-21-32)44(40(48)42(8,9)10)35-25-38(47)36(26-37(35)46)45(41(49)43(11,12)13)53(50,51)39-33(28(4)5)23-30(27(2)3)24-34(39)29(6)7/h18-21,23-29H,14-17,22H2,1-13H3. The number of carbonyl (C=O) groups is 4. The molecule has 9 nitrogen and oxygen atoms in total. The third kappa shape index (κ3) is 9.93. The quantitative estimate of drug-likeness (QED) is 0.140. The molecule has 0 spiro atoms. The minimum atomic E-state index is -4.76. The van der Waals surface area contributed by atoms with Crippen molar-refractivity contribution in [3.05, 3.63) is 76.6 Å². The zero-order chi connectivity index (χ0) is 40.2. The number of unbranched alkanes of at least 4 members (excludes halogenated alkanes) is 3. The van der Waals surface area contributed by atoms with Crippen LogP contribution in [0.15, 0.2) is 64.8 Å². The number of anilines is 1. The third-order valence-corrected chi connectivity index (χ3v) is 10.9. The van der Waals surface area contributed by atoms with E-state index in [-0.39, 0.29) is 28.3 Å². The van der Waals surface area contributed by atoms with Gasteiger partial charge in [-0.1, -0.05) is 121 Å². The topological polar surface area (TPSA) is 118 Å². The van der Waals surface area contributed by atoms with Crippen LogP contribution in [0.4, 0.5) is 5.69 Å². The number of nitrogens with zero attached hydrogens (tertiary/aromatic N) is 2. The van der Waals surface area contributed by atoms with Crippen molar-refractivity contribution in [2.75, 3.05) is 11.5 Å². The molecule has 0 saturated heterocycles. The van der Waals surface area contributed by atoms with Gasteiger partial charge in [0.1, 0.15) is 17.1 Å². The SMILES string of the molecule is CCCCCCOc1ccc(N(C(=O)C(C)(C)C)C2=CC(=O)C(N(C(=O)C(C)(C)C)S(=O)(=O)c3c(C(C)C)cc(C(C)C)cc3C(C)C)=CC2=O)cc1. The summed E-state index contributed by atoms with van der Waals surface area (Å²) >= 11 is 0. The largest absolute Gasteiger partial charge is 0.494 e. The number of benzene rings is 2. The molecular weight excluding hydrogens is 689 g/mol. The van der Waals surface area contributed by atoms with Crippen LogP contribution in [0.3, 0.4) is 0 Å². The van der Waals surface area contributed by atoms with Gasteiger partial charge >= 0.3 is 0 Å². The van der Waals surface area contributed by atoms with Gasteiger partial charge < -0.3 is 4.74 Å². The number of ether oxygens (including phenoxy) is 1. The van der Waals surface area contributed by atoms with Crippen LogP contribution in [-0.2, 0) is 29.2 Å². The van der Waals surface area contributed by atoms with Gasteiger partial charge in [-0.2, -0.15) is 4.31 Å². The Kier molecular flexibility index (Phi) is 13.9. The number of carbonyl (C=O) groups excluding carboxylic acids is 4. The highest BCUT2D eigenvalue weighted by atomic mass is 32.2. The van der Waals surface area contributed by atoms with Crippen LogP contribution in [0.5, 0.6) is 5.75 Å². The smallest absolute Gasteiger partial charge is 0.271 e. The molecule has 1 aliphatic rings. The van der Waals surface area contributed by atoms with E-state index in [1.807, 2.05) is 53.7 Å². The van der Waals surface area contributed by atoms with Crippen LogP contribution in [0, 0.1) is 10.8 Å². The zero-order valence-corrected chi connectivity index (χ0v) is 34.9. The summed E-state index contributed by atoms with van der Waals surface area (Å²) in [6.45, 7) is 24.1. The fraction of sp³-hybridized carbons (Fsp3) is 0.535. The maximum atomic E-state index is 15.0. The molecule has 2 aromatic rings. The first kappa shape index (κ1) is 43.4. The summed E-state index contributed by atoms with van der Waals surface area (Å²) in [5, 5.41) is 0.